The van der Waals surface area contributed by atoms with Gasteiger partial charge in [-0.3, -0.25) is 4.79 Å². The van der Waals surface area contributed by atoms with E-state index in [1.807, 2.05) is 13.8 Å². The fourth-order valence-electron chi connectivity index (χ4n) is 2.08. The fraction of sp³-hybridized carbons (Fsp3) is 0.200. The topological polar surface area (TPSA) is 133 Å². The number of benzene rings is 2. The number of carbonyl (C=O) groups excluding carboxylic acids is 3. The number of anilines is 1. The molecule has 2 aromatic carbocycles. The number of rotatable bonds is 6. The van der Waals surface area contributed by atoms with Crippen LogP contribution in [0.3, 0.4) is 0 Å². The lowest BCUT2D eigenvalue weighted by atomic mass is 10.1. The number of hydrogen-bond donors (Lipinski definition) is 2. The molecule has 0 atom stereocenters. The zero-order valence-corrected chi connectivity index (χ0v) is 22.6. The summed E-state index contributed by atoms with van der Waals surface area (Å²) in [7, 11) is 0. The summed E-state index contributed by atoms with van der Waals surface area (Å²) in [6.45, 7) is 5.67. The van der Waals surface area contributed by atoms with Crippen molar-refractivity contribution < 1.29 is 39.2 Å². The maximum absolute atomic E-state index is 11.6. The van der Waals surface area contributed by atoms with Crippen LogP contribution in [-0.4, -0.2) is 42.0 Å². The van der Waals surface area contributed by atoms with Crippen molar-refractivity contribution in [2.24, 2.45) is 0 Å². The van der Waals surface area contributed by atoms with Gasteiger partial charge in [-0.05, 0) is 61.9 Å². The number of nitrogen functional groups attached to an aromatic ring is 1. The van der Waals surface area contributed by atoms with Crippen LogP contribution in [0.2, 0.25) is 20.1 Å². The number of cyclic esters (lactones) is 2. The lowest BCUT2D eigenvalue weighted by Gasteiger charge is -2.00. The second kappa shape index (κ2) is 19.3. The lowest BCUT2D eigenvalue weighted by molar-refractivity contribution is -0.150. The zero-order chi connectivity index (χ0) is 31.9. The Balaban J connectivity index is 0.000000582. The summed E-state index contributed by atoms with van der Waals surface area (Å²) in [5.41, 5.74) is 6.44. The van der Waals surface area contributed by atoms with Crippen LogP contribution in [0.1, 0.15) is 24.9 Å². The fourth-order valence-corrected chi connectivity index (χ4v) is 3.20. The van der Waals surface area contributed by atoms with Crippen LogP contribution in [0.25, 0.3) is 0 Å². The van der Waals surface area contributed by atoms with Gasteiger partial charge in [0.1, 0.15) is 0 Å². The minimum atomic E-state index is -1.61. The Morgan fingerprint density at radius 1 is 0.919 bits per heavy atom. The molecule has 0 spiro atoms. The molecule has 3 N–H and O–H groups in total. The first-order valence-electron chi connectivity index (χ1n) is 12.2. The summed E-state index contributed by atoms with van der Waals surface area (Å²) in [6, 6.07) is 6.18. The van der Waals surface area contributed by atoms with Gasteiger partial charge in [0, 0.05) is 63.6 Å². The number of ether oxygens (including phenoxy) is 2. The molecular formula is C25H25Cl4NO7. The zero-order valence-electron chi connectivity index (χ0n) is 23.6. The van der Waals surface area contributed by atoms with Crippen molar-refractivity contribution in [2.45, 2.75) is 20.3 Å². The van der Waals surface area contributed by atoms with Crippen molar-refractivity contribution in [1.82, 2.24) is 0 Å². The predicted molar refractivity (Wildman–Crippen MR) is 145 cm³/mol. The Kier molecular flexibility index (Phi) is 14.1. The Morgan fingerprint density at radius 2 is 1.35 bits per heavy atom. The summed E-state index contributed by atoms with van der Waals surface area (Å²) in [4.78, 5) is 42.4. The SMILES string of the molecule is CCOCC.Nc1cc(Cl)cc(Cl)c1.[2H]/C(C(=O)O)=C(/[2H])C(=O)Cc1cc(Cl)cc(Cl)c1.[2H]C1=C([2H])C(=O)OC1=O. The Bertz CT molecular complexity index is 1240. The van der Waals surface area contributed by atoms with Gasteiger partial charge in [0.25, 0.3) is 0 Å². The van der Waals surface area contributed by atoms with Crippen molar-refractivity contribution in [3.63, 3.8) is 0 Å². The number of ketones is 1. The van der Waals surface area contributed by atoms with Crippen LogP contribution >= 0.6 is 46.4 Å². The number of aliphatic carboxylic acids is 1. The highest BCUT2D eigenvalue weighted by atomic mass is 35.5. The molecule has 0 fully saturated rings. The van der Waals surface area contributed by atoms with Gasteiger partial charge in [0.15, 0.2) is 5.78 Å². The van der Waals surface area contributed by atoms with E-state index < -0.39 is 47.9 Å². The van der Waals surface area contributed by atoms with Gasteiger partial charge in [-0.25, -0.2) is 14.4 Å². The smallest absolute Gasteiger partial charge is 0.338 e. The van der Waals surface area contributed by atoms with E-state index in [2.05, 4.69) is 4.74 Å². The molecule has 2 aromatic rings. The molecule has 12 heteroatoms. The molecular weight excluding hydrogens is 568 g/mol. The molecule has 0 bridgehead atoms. The van der Waals surface area contributed by atoms with Gasteiger partial charge in [0.05, 0.1) is 5.48 Å². The molecule has 0 aromatic heterocycles. The van der Waals surface area contributed by atoms with E-state index in [-0.39, 0.29) is 6.42 Å². The molecule has 0 amide bonds. The monoisotopic (exact) mass is 595 g/mol. The number of esters is 2. The standard InChI is InChI=1S/C11H8Cl2O3.C6H5Cl2N.C4H2O3.C4H10O/c12-8-3-7(4-9(13)6-8)5-10(14)1-2-11(15)16;7-4-1-5(8)3-6(9)2-4;5-3-1-2-4(6)7-3;1-3-5-4-2/h1-4,6H,5H2,(H,15,16);1-3H,9H2;1-2H;3-4H2,1-2H3/b2-1+;;;/i1D,2D;;1D,2D;. The van der Waals surface area contributed by atoms with Crippen molar-refractivity contribution >= 4 is 75.8 Å². The highest BCUT2D eigenvalue weighted by Crippen LogP contribution is 2.20. The molecule has 0 saturated carbocycles. The summed E-state index contributed by atoms with van der Waals surface area (Å²) in [6.07, 6.45) is -0.227. The highest BCUT2D eigenvalue weighted by Gasteiger charge is 2.10. The van der Waals surface area contributed by atoms with Gasteiger partial charge in [-0.1, -0.05) is 46.4 Å². The number of carboxylic acid groups (broad SMARTS) is 1. The summed E-state index contributed by atoms with van der Waals surface area (Å²) < 4.78 is 36.3. The number of carbonyl (C=O) groups is 4. The molecule has 0 radical (unpaired) electrons. The molecule has 0 unspecified atom stereocenters. The third kappa shape index (κ3) is 19.0. The molecule has 1 aliphatic heterocycles. The minimum absolute atomic E-state index is 0.227. The van der Waals surface area contributed by atoms with Crippen molar-refractivity contribution in [1.29, 1.82) is 0 Å². The average Bonchev–Trinajstić information content (AvgIpc) is 3.08. The molecule has 8 nitrogen and oxygen atoms in total. The lowest BCUT2D eigenvalue weighted by Crippen LogP contribution is -2.00. The maximum Gasteiger partial charge on any atom is 0.338 e. The summed E-state index contributed by atoms with van der Waals surface area (Å²) in [5.74, 6) is -4.46. The van der Waals surface area contributed by atoms with E-state index in [4.69, 9.17) is 67.5 Å². The van der Waals surface area contributed by atoms with Crippen molar-refractivity contribution in [2.75, 3.05) is 18.9 Å². The van der Waals surface area contributed by atoms with Gasteiger partial charge < -0.3 is 20.3 Å². The van der Waals surface area contributed by atoms with E-state index in [1.54, 1.807) is 18.2 Å². The Hall–Kier alpha value is -2.88. The first-order valence-corrected chi connectivity index (χ1v) is 11.7. The third-order valence-electron chi connectivity index (χ3n) is 3.34. The largest absolute Gasteiger partial charge is 0.478 e. The third-order valence-corrected chi connectivity index (χ3v) is 4.21. The quantitative estimate of drug-likeness (QED) is 0.180. The van der Waals surface area contributed by atoms with E-state index in [1.165, 1.54) is 18.2 Å². The number of allylic oxidation sites excluding steroid dienone is 1. The molecule has 37 heavy (non-hydrogen) atoms. The van der Waals surface area contributed by atoms with Crippen LogP contribution in [-0.2, 0) is 35.1 Å². The van der Waals surface area contributed by atoms with E-state index >= 15 is 0 Å². The van der Waals surface area contributed by atoms with Crippen LogP contribution in [0.15, 0.2) is 60.6 Å². The van der Waals surface area contributed by atoms with Gasteiger partial charge in [0.2, 0.25) is 0 Å². The van der Waals surface area contributed by atoms with E-state index in [0.717, 1.165) is 13.2 Å². The molecule has 1 aliphatic rings. The minimum Gasteiger partial charge on any atom is -0.478 e. The molecule has 1 heterocycles. The average molecular weight is 597 g/mol. The van der Waals surface area contributed by atoms with E-state index in [0.29, 0.717) is 31.3 Å². The van der Waals surface area contributed by atoms with Crippen LogP contribution in [0.4, 0.5) is 5.69 Å². The molecule has 3 rings (SSSR count). The molecule has 0 aliphatic carbocycles. The number of hydrogen-bond acceptors (Lipinski definition) is 7. The normalized spacial score (nSPS) is 14.0. The number of carboxylic acids is 1. The summed E-state index contributed by atoms with van der Waals surface area (Å²) in [5, 5.41) is 10.3. The molecule has 0 saturated heterocycles. The van der Waals surface area contributed by atoms with Crippen LogP contribution < -0.4 is 5.73 Å². The highest BCUT2D eigenvalue weighted by molar-refractivity contribution is 6.35. The first kappa shape index (κ1) is 27.2. The van der Waals surface area contributed by atoms with Crippen LogP contribution in [0, 0.1) is 0 Å². The summed E-state index contributed by atoms with van der Waals surface area (Å²) >= 11 is 22.7. The Labute approximate surface area is 240 Å². The predicted octanol–water partition coefficient (Wildman–Crippen LogP) is 5.99. The number of nitrogens with two attached hydrogens (primary N) is 1. The van der Waals surface area contributed by atoms with Crippen LogP contribution in [0.5, 0.6) is 0 Å². The van der Waals surface area contributed by atoms with Gasteiger partial charge in [-0.15, -0.1) is 0 Å². The van der Waals surface area contributed by atoms with E-state index in [9.17, 15) is 19.2 Å². The van der Waals surface area contributed by atoms with Crippen molar-refractivity contribution in [3.05, 3.63) is 86.3 Å². The van der Waals surface area contributed by atoms with Gasteiger partial charge >= 0.3 is 17.9 Å². The first-order chi connectivity index (χ1) is 19.0. The van der Waals surface area contributed by atoms with Gasteiger partial charge in [-0.2, -0.15) is 0 Å². The van der Waals surface area contributed by atoms with Crippen molar-refractivity contribution in [3.8, 4) is 0 Å². The molecule has 200 valence electrons. The Morgan fingerprint density at radius 3 is 1.65 bits per heavy atom. The second-order valence-corrected chi connectivity index (χ2v) is 8.09. The maximum atomic E-state index is 11.6. The second-order valence-electron chi connectivity index (χ2n) is 6.34. The number of halogens is 4.